The van der Waals surface area contributed by atoms with Crippen molar-refractivity contribution in [1.82, 2.24) is 0 Å². The number of fused-ring (bicyclic) bond motifs is 1. The number of hydrogen-bond donors (Lipinski definition) is 0. The van der Waals surface area contributed by atoms with Gasteiger partial charge in [0.2, 0.25) is 0 Å². The molecule has 1 aliphatic rings. The van der Waals surface area contributed by atoms with Gasteiger partial charge in [0.25, 0.3) is 15.7 Å². The lowest BCUT2D eigenvalue weighted by atomic mass is 10.1. The molecule has 0 aromatic heterocycles. The van der Waals surface area contributed by atoms with Crippen molar-refractivity contribution in [1.29, 1.82) is 0 Å². The molecule has 1 aliphatic heterocycles. The molecule has 0 N–H and O–H groups in total. The number of esters is 1. The largest absolute Gasteiger partial charge is 0.467 e. The molecule has 0 amide bonds. The smallest absolute Gasteiger partial charge is 0.338 e. The van der Waals surface area contributed by atoms with Crippen LogP contribution in [0.5, 0.6) is 5.75 Å². The van der Waals surface area contributed by atoms with E-state index in [2.05, 4.69) is 0 Å². The fraction of sp³-hybridized carbons (Fsp3) is 0.208. The van der Waals surface area contributed by atoms with E-state index in [0.29, 0.717) is 22.6 Å². The summed E-state index contributed by atoms with van der Waals surface area (Å²) in [7, 11) is -2.34. The van der Waals surface area contributed by atoms with E-state index >= 15 is 0 Å². The topological polar surface area (TPSA) is 125 Å². The number of carbonyl (C=O) groups excluding carboxylic acids is 1. The first-order valence-electron chi connectivity index (χ1n) is 10.5. The maximum Gasteiger partial charge on any atom is 0.338 e. The van der Waals surface area contributed by atoms with E-state index < -0.39 is 20.9 Å². The fourth-order valence-electron chi connectivity index (χ4n) is 3.53. The van der Waals surface area contributed by atoms with E-state index in [1.807, 2.05) is 6.92 Å². The molecule has 3 aromatic carbocycles. The van der Waals surface area contributed by atoms with Crippen LogP contribution >= 0.6 is 0 Å². The van der Waals surface area contributed by atoms with Gasteiger partial charge in [-0.15, -0.1) is 0 Å². The Morgan fingerprint density at radius 2 is 1.80 bits per heavy atom. The standard InChI is InChI=1S/C24H22N2O8S/c1-16-3-9-22(10-4-16)35(30,31)25(2)20-7-5-17(6-8-20)24(27)33-14-19-12-21(26(28)29)11-18-13-32-15-34-23(18)19/h3-12H,13-15H2,1-2H3. The van der Waals surface area contributed by atoms with Gasteiger partial charge >= 0.3 is 5.97 Å². The maximum absolute atomic E-state index is 12.9. The highest BCUT2D eigenvalue weighted by atomic mass is 32.2. The number of hydrogen-bond acceptors (Lipinski definition) is 8. The average molecular weight is 499 g/mol. The van der Waals surface area contributed by atoms with E-state index in [1.54, 1.807) is 12.1 Å². The molecule has 0 radical (unpaired) electrons. The van der Waals surface area contributed by atoms with Gasteiger partial charge in [-0.3, -0.25) is 14.4 Å². The summed E-state index contributed by atoms with van der Waals surface area (Å²) in [5.41, 5.74) is 2.19. The lowest BCUT2D eigenvalue weighted by Crippen LogP contribution is -2.26. The Bertz CT molecular complexity index is 1370. The van der Waals surface area contributed by atoms with Gasteiger partial charge in [-0.25, -0.2) is 13.2 Å². The van der Waals surface area contributed by atoms with Crippen molar-refractivity contribution in [3.05, 3.63) is 93.0 Å². The molecule has 0 bridgehead atoms. The van der Waals surface area contributed by atoms with Crippen molar-refractivity contribution in [2.75, 3.05) is 18.1 Å². The minimum Gasteiger partial charge on any atom is -0.467 e. The van der Waals surface area contributed by atoms with Crippen LogP contribution in [0.3, 0.4) is 0 Å². The predicted octanol–water partition coefficient (Wildman–Crippen LogP) is 3.95. The summed E-state index contributed by atoms with van der Waals surface area (Å²) in [5, 5.41) is 11.2. The lowest BCUT2D eigenvalue weighted by molar-refractivity contribution is -0.385. The molecule has 182 valence electrons. The van der Waals surface area contributed by atoms with Gasteiger partial charge < -0.3 is 14.2 Å². The molecule has 4 rings (SSSR count). The summed E-state index contributed by atoms with van der Waals surface area (Å²) in [6.07, 6.45) is 0. The van der Waals surface area contributed by atoms with Crippen molar-refractivity contribution < 1.29 is 32.3 Å². The third kappa shape index (κ3) is 5.10. The van der Waals surface area contributed by atoms with E-state index in [-0.39, 0.29) is 36.2 Å². The summed E-state index contributed by atoms with van der Waals surface area (Å²) in [4.78, 5) is 23.4. The van der Waals surface area contributed by atoms with Crippen molar-refractivity contribution in [2.45, 2.75) is 25.0 Å². The second-order valence-corrected chi connectivity index (χ2v) is 9.84. The second kappa shape index (κ2) is 9.72. The van der Waals surface area contributed by atoms with Crippen LogP contribution in [0.15, 0.2) is 65.6 Å². The Hall–Kier alpha value is -3.96. The lowest BCUT2D eigenvalue weighted by Gasteiger charge is -2.20. The van der Waals surface area contributed by atoms with Crippen LogP contribution in [0, 0.1) is 17.0 Å². The summed E-state index contributed by atoms with van der Waals surface area (Å²) >= 11 is 0. The van der Waals surface area contributed by atoms with E-state index in [1.165, 1.54) is 55.6 Å². The quantitative estimate of drug-likeness (QED) is 0.272. The highest BCUT2D eigenvalue weighted by Crippen LogP contribution is 2.33. The molecule has 0 aliphatic carbocycles. The predicted molar refractivity (Wildman–Crippen MR) is 126 cm³/mol. The Labute approximate surface area is 201 Å². The number of carbonyl (C=O) groups is 1. The van der Waals surface area contributed by atoms with Crippen LogP contribution < -0.4 is 9.04 Å². The maximum atomic E-state index is 12.9. The van der Waals surface area contributed by atoms with Crippen LogP contribution in [-0.4, -0.2) is 33.2 Å². The monoisotopic (exact) mass is 498 g/mol. The molecule has 0 unspecified atom stereocenters. The molecular formula is C24H22N2O8S. The van der Waals surface area contributed by atoms with Crippen LogP contribution in [0.25, 0.3) is 0 Å². The number of aryl methyl sites for hydroxylation is 1. The average Bonchev–Trinajstić information content (AvgIpc) is 2.86. The van der Waals surface area contributed by atoms with E-state index in [9.17, 15) is 23.3 Å². The van der Waals surface area contributed by atoms with Gasteiger partial charge in [0.1, 0.15) is 12.4 Å². The van der Waals surface area contributed by atoms with Gasteiger partial charge in [0.05, 0.1) is 27.7 Å². The third-order valence-corrected chi connectivity index (χ3v) is 7.29. The zero-order valence-corrected chi connectivity index (χ0v) is 19.8. The van der Waals surface area contributed by atoms with E-state index in [4.69, 9.17) is 14.2 Å². The molecule has 0 atom stereocenters. The summed E-state index contributed by atoms with van der Waals surface area (Å²) < 4.78 is 42.9. The molecule has 1 heterocycles. The Morgan fingerprint density at radius 3 is 2.46 bits per heavy atom. The number of nitro groups is 1. The van der Waals surface area contributed by atoms with Crippen LogP contribution in [0.2, 0.25) is 0 Å². The first-order chi connectivity index (χ1) is 16.7. The minimum absolute atomic E-state index is 0.00770. The first kappa shape index (κ1) is 24.2. The number of benzene rings is 3. The normalized spacial score (nSPS) is 12.9. The number of non-ortho nitro benzene ring substituents is 1. The second-order valence-electron chi connectivity index (χ2n) is 7.87. The van der Waals surface area contributed by atoms with Crippen molar-refractivity contribution in [3.8, 4) is 5.75 Å². The van der Waals surface area contributed by atoms with Crippen LogP contribution in [-0.2, 0) is 32.7 Å². The molecule has 0 saturated carbocycles. The van der Waals surface area contributed by atoms with Gasteiger partial charge in [0.15, 0.2) is 6.79 Å². The molecule has 0 spiro atoms. The third-order valence-electron chi connectivity index (χ3n) is 5.49. The molecule has 35 heavy (non-hydrogen) atoms. The summed E-state index contributed by atoms with van der Waals surface area (Å²) in [6, 6.07) is 15.1. The molecule has 3 aromatic rings. The Kier molecular flexibility index (Phi) is 6.72. The molecule has 0 saturated heterocycles. The van der Waals surface area contributed by atoms with Gasteiger partial charge in [-0.05, 0) is 43.3 Å². The fourth-order valence-corrected chi connectivity index (χ4v) is 4.73. The number of nitrogens with zero attached hydrogens (tertiary/aromatic N) is 2. The SMILES string of the molecule is Cc1ccc(S(=O)(=O)N(C)c2ccc(C(=O)OCc3cc([N+](=O)[O-])cc4c3OCOC4)cc2)cc1. The Balaban J connectivity index is 1.48. The molecule has 11 heteroatoms. The first-order valence-corrected chi connectivity index (χ1v) is 11.9. The molecule has 0 fully saturated rings. The number of rotatable bonds is 7. The minimum atomic E-state index is -3.77. The Morgan fingerprint density at radius 1 is 1.11 bits per heavy atom. The highest BCUT2D eigenvalue weighted by molar-refractivity contribution is 7.92. The van der Waals surface area contributed by atoms with Crippen molar-refractivity contribution in [2.24, 2.45) is 0 Å². The van der Waals surface area contributed by atoms with Gasteiger partial charge in [0, 0.05) is 30.3 Å². The zero-order chi connectivity index (χ0) is 25.2. The summed E-state index contributed by atoms with van der Waals surface area (Å²) in [6.45, 7) is 1.77. The van der Waals surface area contributed by atoms with Crippen LogP contribution in [0.1, 0.15) is 27.0 Å². The molecular weight excluding hydrogens is 476 g/mol. The molecule has 10 nitrogen and oxygen atoms in total. The van der Waals surface area contributed by atoms with Gasteiger partial charge in [-0.2, -0.15) is 0 Å². The van der Waals surface area contributed by atoms with Crippen molar-refractivity contribution >= 4 is 27.4 Å². The van der Waals surface area contributed by atoms with Crippen LogP contribution in [0.4, 0.5) is 11.4 Å². The van der Waals surface area contributed by atoms with Crippen molar-refractivity contribution in [3.63, 3.8) is 0 Å². The number of nitro benzene ring substituents is 1. The number of anilines is 1. The van der Waals surface area contributed by atoms with Gasteiger partial charge in [-0.1, -0.05) is 17.7 Å². The highest BCUT2D eigenvalue weighted by Gasteiger charge is 2.23. The summed E-state index contributed by atoms with van der Waals surface area (Å²) in [5.74, 6) is -0.277. The number of ether oxygens (including phenoxy) is 3. The zero-order valence-electron chi connectivity index (χ0n) is 19.0. The van der Waals surface area contributed by atoms with E-state index in [0.717, 1.165) is 9.87 Å². The number of sulfonamides is 1.